The molecule has 0 aliphatic carbocycles. The average molecular weight is 289 g/mol. The zero-order valence-electron chi connectivity index (χ0n) is 13.0. The number of benzene rings is 1. The van der Waals surface area contributed by atoms with E-state index in [0.717, 1.165) is 31.7 Å². The van der Waals surface area contributed by atoms with E-state index in [-0.39, 0.29) is 5.91 Å². The maximum Gasteiger partial charge on any atom is 0.238 e. The minimum absolute atomic E-state index is 0.0745. The van der Waals surface area contributed by atoms with Crippen molar-refractivity contribution in [3.63, 3.8) is 0 Å². The first-order chi connectivity index (χ1) is 10.3. The lowest BCUT2D eigenvalue weighted by molar-refractivity contribution is -0.117. The molecule has 1 heterocycles. The van der Waals surface area contributed by atoms with E-state index in [9.17, 15) is 4.79 Å². The van der Waals surface area contributed by atoms with Gasteiger partial charge in [0.1, 0.15) is 0 Å². The van der Waals surface area contributed by atoms with Crippen LogP contribution in [0.15, 0.2) is 30.3 Å². The molecular weight excluding hydrogens is 262 g/mol. The third kappa shape index (κ3) is 5.86. The van der Waals surface area contributed by atoms with Crippen LogP contribution >= 0.6 is 0 Å². The Bertz CT molecular complexity index is 415. The number of piperidine rings is 1. The third-order valence-electron chi connectivity index (χ3n) is 3.86. The highest BCUT2D eigenvalue weighted by molar-refractivity contribution is 5.92. The number of hydrogen-bond acceptors (Lipinski definition) is 3. The van der Waals surface area contributed by atoms with Crippen molar-refractivity contribution in [2.75, 3.05) is 31.5 Å². The summed E-state index contributed by atoms with van der Waals surface area (Å²) in [5.74, 6) is 0.0745. The number of hydrogen-bond donors (Lipinski definition) is 2. The number of amides is 1. The van der Waals surface area contributed by atoms with Gasteiger partial charge in [0.25, 0.3) is 0 Å². The van der Waals surface area contributed by atoms with E-state index in [4.69, 9.17) is 0 Å². The molecule has 21 heavy (non-hydrogen) atoms. The summed E-state index contributed by atoms with van der Waals surface area (Å²) in [6.07, 6.45) is 4.87. The van der Waals surface area contributed by atoms with Crippen LogP contribution in [0, 0.1) is 0 Å². The first-order valence-electron chi connectivity index (χ1n) is 8.08. The fourth-order valence-electron chi connectivity index (χ4n) is 2.87. The molecule has 2 N–H and O–H groups in total. The normalized spacial score (nSPS) is 18.7. The summed E-state index contributed by atoms with van der Waals surface area (Å²) in [5.41, 5.74) is 0.870. The smallest absolute Gasteiger partial charge is 0.238 e. The Morgan fingerprint density at radius 1 is 1.33 bits per heavy atom. The topological polar surface area (TPSA) is 44.4 Å². The Labute approximate surface area is 127 Å². The number of rotatable bonds is 7. The highest BCUT2D eigenvalue weighted by Gasteiger charge is 2.18. The molecule has 1 atom stereocenters. The maximum absolute atomic E-state index is 12.2. The molecule has 1 aromatic rings. The first-order valence-corrected chi connectivity index (χ1v) is 8.08. The summed E-state index contributed by atoms with van der Waals surface area (Å²) in [7, 11) is 0. The first kappa shape index (κ1) is 16.0. The van der Waals surface area contributed by atoms with Crippen LogP contribution in [0.3, 0.4) is 0 Å². The molecule has 4 heteroatoms. The third-order valence-corrected chi connectivity index (χ3v) is 3.86. The molecule has 0 radical (unpaired) electrons. The van der Waals surface area contributed by atoms with E-state index in [1.54, 1.807) is 0 Å². The monoisotopic (exact) mass is 289 g/mol. The van der Waals surface area contributed by atoms with Crippen molar-refractivity contribution in [3.8, 4) is 0 Å². The van der Waals surface area contributed by atoms with E-state index in [1.807, 2.05) is 30.3 Å². The van der Waals surface area contributed by atoms with Crippen molar-refractivity contribution in [3.05, 3.63) is 30.3 Å². The van der Waals surface area contributed by atoms with E-state index in [2.05, 4.69) is 22.5 Å². The fraction of sp³-hybridized carbons (Fsp3) is 0.588. The molecule has 1 aliphatic rings. The Morgan fingerprint density at radius 2 is 2.14 bits per heavy atom. The van der Waals surface area contributed by atoms with Gasteiger partial charge in [-0.15, -0.1) is 0 Å². The van der Waals surface area contributed by atoms with Gasteiger partial charge >= 0.3 is 0 Å². The molecule has 116 valence electrons. The van der Waals surface area contributed by atoms with Crippen LogP contribution in [0.2, 0.25) is 0 Å². The molecule has 1 aromatic carbocycles. The Morgan fingerprint density at radius 3 is 2.81 bits per heavy atom. The summed E-state index contributed by atoms with van der Waals surface area (Å²) in [4.78, 5) is 14.4. The molecule has 1 saturated heterocycles. The second-order valence-electron chi connectivity index (χ2n) is 5.80. The predicted octanol–water partition coefficient (Wildman–Crippen LogP) is 2.48. The summed E-state index contributed by atoms with van der Waals surface area (Å²) < 4.78 is 0. The van der Waals surface area contributed by atoms with Gasteiger partial charge in [-0.1, -0.05) is 31.5 Å². The minimum Gasteiger partial charge on any atom is -0.325 e. The second-order valence-corrected chi connectivity index (χ2v) is 5.80. The van der Waals surface area contributed by atoms with Crippen LogP contribution in [0.25, 0.3) is 0 Å². The van der Waals surface area contributed by atoms with Crippen molar-refractivity contribution < 1.29 is 4.79 Å². The molecule has 1 amide bonds. The summed E-state index contributed by atoms with van der Waals surface area (Å²) in [6.45, 7) is 5.69. The largest absolute Gasteiger partial charge is 0.325 e. The van der Waals surface area contributed by atoms with Gasteiger partial charge < -0.3 is 10.6 Å². The lowest BCUT2D eigenvalue weighted by Gasteiger charge is -2.30. The summed E-state index contributed by atoms with van der Waals surface area (Å²) in [5, 5.41) is 6.52. The number of para-hydroxylation sites is 1. The van der Waals surface area contributed by atoms with E-state index in [0.29, 0.717) is 12.6 Å². The molecule has 0 saturated carbocycles. The number of anilines is 1. The van der Waals surface area contributed by atoms with Crippen LogP contribution in [-0.4, -0.2) is 43.0 Å². The molecule has 2 rings (SSSR count). The lowest BCUT2D eigenvalue weighted by Crippen LogP contribution is -2.46. The number of carbonyl (C=O) groups is 1. The van der Waals surface area contributed by atoms with Gasteiger partial charge in [-0.2, -0.15) is 0 Å². The molecule has 1 fully saturated rings. The quantitative estimate of drug-likeness (QED) is 0.810. The molecule has 0 aromatic heterocycles. The zero-order chi connectivity index (χ0) is 14.9. The van der Waals surface area contributed by atoms with Crippen molar-refractivity contribution in [2.24, 2.45) is 0 Å². The van der Waals surface area contributed by atoms with Crippen LogP contribution in [0.5, 0.6) is 0 Å². The van der Waals surface area contributed by atoms with E-state index >= 15 is 0 Å². The van der Waals surface area contributed by atoms with Gasteiger partial charge in [-0.25, -0.2) is 0 Å². The van der Waals surface area contributed by atoms with Gasteiger partial charge in [-0.05, 0) is 44.5 Å². The maximum atomic E-state index is 12.2. The Balaban J connectivity index is 1.81. The van der Waals surface area contributed by atoms with Gasteiger partial charge in [0.15, 0.2) is 0 Å². The van der Waals surface area contributed by atoms with E-state index < -0.39 is 0 Å². The number of nitrogens with zero attached hydrogens (tertiary/aromatic N) is 1. The summed E-state index contributed by atoms with van der Waals surface area (Å²) >= 11 is 0. The van der Waals surface area contributed by atoms with Gasteiger partial charge in [0.05, 0.1) is 6.54 Å². The highest BCUT2D eigenvalue weighted by Crippen LogP contribution is 2.10. The fourth-order valence-corrected chi connectivity index (χ4v) is 2.87. The minimum atomic E-state index is 0.0745. The predicted molar refractivity (Wildman–Crippen MR) is 87.4 cm³/mol. The van der Waals surface area contributed by atoms with Crippen molar-refractivity contribution in [2.45, 2.75) is 38.6 Å². The van der Waals surface area contributed by atoms with Crippen molar-refractivity contribution in [1.29, 1.82) is 0 Å². The molecule has 4 nitrogen and oxygen atoms in total. The average Bonchev–Trinajstić information content (AvgIpc) is 2.49. The Hall–Kier alpha value is -1.39. The van der Waals surface area contributed by atoms with Crippen molar-refractivity contribution >= 4 is 11.6 Å². The van der Waals surface area contributed by atoms with Crippen molar-refractivity contribution in [1.82, 2.24) is 10.2 Å². The van der Waals surface area contributed by atoms with Crippen LogP contribution in [-0.2, 0) is 4.79 Å². The van der Waals surface area contributed by atoms with Crippen LogP contribution in [0.4, 0.5) is 5.69 Å². The SMILES string of the molecule is CCCN(CC(=O)Nc1ccccc1)CC1CCCCN1. The highest BCUT2D eigenvalue weighted by atomic mass is 16.2. The molecule has 0 spiro atoms. The standard InChI is InChI=1S/C17H27N3O/c1-2-12-20(13-16-10-6-7-11-18-16)14-17(21)19-15-8-4-3-5-9-15/h3-5,8-9,16,18H,2,6-7,10-14H2,1H3,(H,19,21). The van der Waals surface area contributed by atoms with Gasteiger partial charge in [0, 0.05) is 18.3 Å². The Kier molecular flexibility index (Phi) is 6.70. The molecule has 0 bridgehead atoms. The van der Waals surface area contributed by atoms with Gasteiger partial charge in [0.2, 0.25) is 5.91 Å². The second kappa shape index (κ2) is 8.80. The van der Waals surface area contributed by atoms with Crippen LogP contribution < -0.4 is 10.6 Å². The zero-order valence-corrected chi connectivity index (χ0v) is 13.0. The molecule has 1 unspecified atom stereocenters. The van der Waals surface area contributed by atoms with E-state index in [1.165, 1.54) is 19.3 Å². The number of carbonyl (C=O) groups excluding carboxylic acids is 1. The number of nitrogens with one attached hydrogen (secondary N) is 2. The summed E-state index contributed by atoms with van der Waals surface area (Å²) in [6, 6.07) is 10.2. The molecule has 1 aliphatic heterocycles. The lowest BCUT2D eigenvalue weighted by atomic mass is 10.0. The van der Waals surface area contributed by atoms with Gasteiger partial charge in [-0.3, -0.25) is 9.69 Å². The molecular formula is C17H27N3O. The van der Waals surface area contributed by atoms with Crippen LogP contribution in [0.1, 0.15) is 32.6 Å².